The predicted molar refractivity (Wildman–Crippen MR) is 86.8 cm³/mol. The first-order valence-electron chi connectivity index (χ1n) is 5.96. The van der Waals surface area contributed by atoms with Gasteiger partial charge in [0.25, 0.3) is 5.91 Å². The third-order valence-corrected chi connectivity index (χ3v) is 3.60. The molecular formula is C14H13Br2N3O. The van der Waals surface area contributed by atoms with Crippen LogP contribution in [0.15, 0.2) is 45.5 Å². The van der Waals surface area contributed by atoms with Crippen LogP contribution in [0, 0.1) is 0 Å². The molecule has 0 aliphatic heterocycles. The lowest BCUT2D eigenvalue weighted by Gasteiger charge is -2.09. The number of benzene rings is 1. The van der Waals surface area contributed by atoms with E-state index in [1.165, 1.54) is 0 Å². The fourth-order valence-corrected chi connectivity index (χ4v) is 2.51. The summed E-state index contributed by atoms with van der Waals surface area (Å²) in [7, 11) is 1.74. The van der Waals surface area contributed by atoms with E-state index >= 15 is 0 Å². The fraction of sp³-hybridized carbons (Fsp3) is 0.143. The number of nitrogens with one attached hydrogen (secondary N) is 2. The highest BCUT2D eigenvalue weighted by molar-refractivity contribution is 9.10. The number of rotatable bonds is 4. The Morgan fingerprint density at radius 1 is 1.25 bits per heavy atom. The van der Waals surface area contributed by atoms with Crippen molar-refractivity contribution in [2.24, 2.45) is 0 Å². The Labute approximate surface area is 134 Å². The van der Waals surface area contributed by atoms with E-state index < -0.39 is 0 Å². The molecule has 1 amide bonds. The van der Waals surface area contributed by atoms with Crippen molar-refractivity contribution in [2.45, 2.75) is 6.54 Å². The quantitative estimate of drug-likeness (QED) is 0.827. The van der Waals surface area contributed by atoms with Crippen LogP contribution in [0.1, 0.15) is 15.9 Å². The number of halogens is 2. The summed E-state index contributed by atoms with van der Waals surface area (Å²) in [6.45, 7) is 0.466. The number of carbonyl (C=O) groups excluding carboxylic acids is 1. The Bertz CT molecular complexity index is 632. The molecule has 0 bridgehead atoms. The Morgan fingerprint density at radius 2 is 2.05 bits per heavy atom. The van der Waals surface area contributed by atoms with E-state index in [0.29, 0.717) is 17.9 Å². The Hall–Kier alpha value is -1.40. The van der Waals surface area contributed by atoms with E-state index in [1.54, 1.807) is 19.3 Å². The molecule has 0 atom stereocenters. The van der Waals surface area contributed by atoms with Crippen LogP contribution in [0.25, 0.3) is 0 Å². The standard InChI is InChI=1S/C14H13Br2N3O/c1-17-13-12(6-11(16)8-18-13)14(20)19-7-9-3-2-4-10(15)5-9/h2-6,8H,7H2,1H3,(H,17,18)(H,19,20). The number of nitrogens with zero attached hydrogens (tertiary/aromatic N) is 1. The second kappa shape index (κ2) is 6.85. The van der Waals surface area contributed by atoms with Crippen molar-refractivity contribution in [3.05, 3.63) is 56.6 Å². The smallest absolute Gasteiger partial charge is 0.255 e. The molecule has 1 aromatic heterocycles. The molecule has 2 aromatic rings. The van der Waals surface area contributed by atoms with Gasteiger partial charge >= 0.3 is 0 Å². The molecule has 0 aliphatic carbocycles. The van der Waals surface area contributed by atoms with Gasteiger partial charge < -0.3 is 10.6 Å². The molecule has 0 fully saturated rings. The Kier molecular flexibility index (Phi) is 5.14. The van der Waals surface area contributed by atoms with Gasteiger partial charge in [0.2, 0.25) is 0 Å². The molecule has 1 aromatic carbocycles. The van der Waals surface area contributed by atoms with Gasteiger partial charge in [-0.15, -0.1) is 0 Å². The molecule has 2 rings (SSSR count). The van der Waals surface area contributed by atoms with Crippen molar-refractivity contribution >= 4 is 43.6 Å². The molecule has 6 heteroatoms. The molecular weight excluding hydrogens is 386 g/mol. The van der Waals surface area contributed by atoms with Gasteiger partial charge in [0.15, 0.2) is 0 Å². The van der Waals surface area contributed by atoms with E-state index in [2.05, 4.69) is 47.5 Å². The maximum absolute atomic E-state index is 12.2. The van der Waals surface area contributed by atoms with Crippen molar-refractivity contribution in [1.29, 1.82) is 0 Å². The summed E-state index contributed by atoms with van der Waals surface area (Å²) in [6.07, 6.45) is 1.65. The molecule has 0 unspecified atom stereocenters. The van der Waals surface area contributed by atoms with Crippen LogP contribution in [0.4, 0.5) is 5.82 Å². The average Bonchev–Trinajstić information content (AvgIpc) is 2.45. The van der Waals surface area contributed by atoms with Crippen LogP contribution >= 0.6 is 31.9 Å². The lowest BCUT2D eigenvalue weighted by Crippen LogP contribution is -2.24. The lowest BCUT2D eigenvalue weighted by atomic mass is 10.2. The zero-order chi connectivity index (χ0) is 14.5. The van der Waals surface area contributed by atoms with E-state index in [4.69, 9.17) is 0 Å². The van der Waals surface area contributed by atoms with Crippen molar-refractivity contribution in [2.75, 3.05) is 12.4 Å². The number of hydrogen-bond donors (Lipinski definition) is 2. The molecule has 0 saturated heterocycles. The third kappa shape index (κ3) is 3.80. The van der Waals surface area contributed by atoms with Crippen LogP contribution in [0.3, 0.4) is 0 Å². The third-order valence-electron chi connectivity index (χ3n) is 2.68. The minimum Gasteiger partial charge on any atom is -0.372 e. The number of anilines is 1. The predicted octanol–water partition coefficient (Wildman–Crippen LogP) is 3.58. The highest BCUT2D eigenvalue weighted by Gasteiger charge is 2.12. The number of aromatic nitrogens is 1. The summed E-state index contributed by atoms with van der Waals surface area (Å²) >= 11 is 6.73. The molecule has 0 saturated carbocycles. The molecule has 0 aliphatic rings. The SMILES string of the molecule is CNc1ncc(Br)cc1C(=O)NCc1cccc(Br)c1. The van der Waals surface area contributed by atoms with Crippen molar-refractivity contribution < 1.29 is 4.79 Å². The minimum absolute atomic E-state index is 0.164. The first-order chi connectivity index (χ1) is 9.60. The summed E-state index contributed by atoms with van der Waals surface area (Å²) in [5, 5.41) is 5.79. The van der Waals surface area contributed by atoms with Crippen molar-refractivity contribution in [3.8, 4) is 0 Å². The number of amides is 1. The van der Waals surface area contributed by atoms with Crippen LogP contribution in [0.2, 0.25) is 0 Å². The maximum atomic E-state index is 12.2. The first kappa shape index (κ1) is 15.0. The summed E-state index contributed by atoms with van der Waals surface area (Å²) in [5.41, 5.74) is 1.54. The molecule has 2 N–H and O–H groups in total. The van der Waals surface area contributed by atoms with Gasteiger partial charge in [-0.05, 0) is 39.7 Å². The maximum Gasteiger partial charge on any atom is 0.255 e. The number of pyridine rings is 1. The van der Waals surface area contributed by atoms with Gasteiger partial charge in [0, 0.05) is 28.7 Å². The molecule has 1 heterocycles. The molecule has 0 spiro atoms. The Balaban J connectivity index is 2.10. The highest BCUT2D eigenvalue weighted by atomic mass is 79.9. The van der Waals surface area contributed by atoms with Gasteiger partial charge in [-0.1, -0.05) is 28.1 Å². The second-order valence-electron chi connectivity index (χ2n) is 4.11. The summed E-state index contributed by atoms with van der Waals surface area (Å²) < 4.78 is 1.76. The topological polar surface area (TPSA) is 54.0 Å². The summed E-state index contributed by atoms with van der Waals surface area (Å²) in [5.74, 6) is 0.392. The largest absolute Gasteiger partial charge is 0.372 e. The molecule has 20 heavy (non-hydrogen) atoms. The van der Waals surface area contributed by atoms with E-state index in [0.717, 1.165) is 14.5 Å². The van der Waals surface area contributed by atoms with E-state index in [1.807, 2.05) is 24.3 Å². The van der Waals surface area contributed by atoms with Gasteiger partial charge in [-0.25, -0.2) is 4.98 Å². The van der Waals surface area contributed by atoms with Crippen LogP contribution in [-0.2, 0) is 6.54 Å². The highest BCUT2D eigenvalue weighted by Crippen LogP contribution is 2.18. The molecule has 104 valence electrons. The minimum atomic E-state index is -0.164. The van der Waals surface area contributed by atoms with Crippen LogP contribution in [0.5, 0.6) is 0 Å². The van der Waals surface area contributed by atoms with E-state index in [-0.39, 0.29) is 5.91 Å². The normalized spacial score (nSPS) is 10.2. The lowest BCUT2D eigenvalue weighted by molar-refractivity contribution is 0.0951. The number of hydrogen-bond acceptors (Lipinski definition) is 3. The average molecular weight is 399 g/mol. The van der Waals surface area contributed by atoms with Gasteiger partial charge in [-0.3, -0.25) is 4.79 Å². The fourth-order valence-electron chi connectivity index (χ4n) is 1.74. The van der Waals surface area contributed by atoms with Gasteiger partial charge in [-0.2, -0.15) is 0 Å². The second-order valence-corrected chi connectivity index (χ2v) is 5.94. The van der Waals surface area contributed by atoms with Crippen molar-refractivity contribution in [3.63, 3.8) is 0 Å². The monoisotopic (exact) mass is 397 g/mol. The molecule has 4 nitrogen and oxygen atoms in total. The van der Waals surface area contributed by atoms with Crippen molar-refractivity contribution in [1.82, 2.24) is 10.3 Å². The Morgan fingerprint density at radius 3 is 2.75 bits per heavy atom. The summed E-state index contributed by atoms with van der Waals surface area (Å²) in [4.78, 5) is 16.4. The first-order valence-corrected chi connectivity index (χ1v) is 7.54. The van der Waals surface area contributed by atoms with Gasteiger partial charge in [0.1, 0.15) is 5.82 Å². The van der Waals surface area contributed by atoms with Crippen LogP contribution in [-0.4, -0.2) is 17.9 Å². The van der Waals surface area contributed by atoms with E-state index in [9.17, 15) is 4.79 Å². The zero-order valence-corrected chi connectivity index (χ0v) is 14.0. The molecule has 0 radical (unpaired) electrons. The van der Waals surface area contributed by atoms with Crippen LogP contribution < -0.4 is 10.6 Å². The van der Waals surface area contributed by atoms with Gasteiger partial charge in [0.05, 0.1) is 5.56 Å². The summed E-state index contributed by atoms with van der Waals surface area (Å²) in [6, 6.07) is 9.56. The zero-order valence-electron chi connectivity index (χ0n) is 10.8. The number of carbonyl (C=O) groups is 1.